The molecule has 0 aliphatic carbocycles. The second-order valence-electron chi connectivity index (χ2n) is 4.85. The van der Waals surface area contributed by atoms with Crippen LogP contribution in [0.25, 0.3) is 10.1 Å². The van der Waals surface area contributed by atoms with E-state index < -0.39 is 0 Å². The average molecular weight is 283 g/mol. The molecular formula is C17H17NOS. The summed E-state index contributed by atoms with van der Waals surface area (Å²) in [5, 5.41) is 3.45. The van der Waals surface area contributed by atoms with Gasteiger partial charge >= 0.3 is 0 Å². The number of fused-ring (bicyclic) bond motifs is 1. The summed E-state index contributed by atoms with van der Waals surface area (Å²) in [7, 11) is 1.69. The Labute approximate surface area is 122 Å². The first-order chi connectivity index (χ1) is 9.78. The Hall–Kier alpha value is -1.84. The van der Waals surface area contributed by atoms with Gasteiger partial charge in [-0.25, -0.2) is 0 Å². The number of hydrogen-bond donors (Lipinski definition) is 1. The third kappa shape index (κ3) is 2.55. The van der Waals surface area contributed by atoms with Gasteiger partial charge in [-0.1, -0.05) is 30.3 Å². The van der Waals surface area contributed by atoms with Gasteiger partial charge in [-0.15, -0.1) is 11.3 Å². The molecule has 0 saturated heterocycles. The summed E-state index contributed by atoms with van der Waals surface area (Å²) in [5.41, 5.74) is 8.83. The lowest BCUT2D eigenvalue weighted by atomic mass is 9.99. The van der Waals surface area contributed by atoms with Crippen molar-refractivity contribution in [3.63, 3.8) is 0 Å². The van der Waals surface area contributed by atoms with Gasteiger partial charge in [0.1, 0.15) is 5.75 Å². The minimum absolute atomic E-state index is 0.0123. The lowest BCUT2D eigenvalue weighted by molar-refractivity contribution is 0.414. The molecule has 3 aromatic rings. The van der Waals surface area contributed by atoms with Crippen LogP contribution in [-0.4, -0.2) is 7.11 Å². The van der Waals surface area contributed by atoms with Gasteiger partial charge in [-0.2, -0.15) is 0 Å². The Morgan fingerprint density at radius 1 is 1.15 bits per heavy atom. The maximum Gasteiger partial charge on any atom is 0.119 e. The molecule has 1 heterocycles. The number of hydrogen-bond acceptors (Lipinski definition) is 3. The molecule has 1 aromatic heterocycles. The molecule has 0 aliphatic heterocycles. The van der Waals surface area contributed by atoms with Crippen LogP contribution in [0.15, 0.2) is 53.9 Å². The van der Waals surface area contributed by atoms with Crippen LogP contribution < -0.4 is 10.5 Å². The van der Waals surface area contributed by atoms with Crippen molar-refractivity contribution in [1.29, 1.82) is 0 Å². The minimum atomic E-state index is 0.0123. The molecule has 1 atom stereocenters. The summed E-state index contributed by atoms with van der Waals surface area (Å²) in [6, 6.07) is 16.5. The molecule has 102 valence electrons. The average Bonchev–Trinajstić information content (AvgIpc) is 2.91. The third-order valence-corrected chi connectivity index (χ3v) is 4.48. The smallest absolute Gasteiger partial charge is 0.119 e. The minimum Gasteiger partial charge on any atom is -0.497 e. The Kier molecular flexibility index (Phi) is 3.72. The molecule has 20 heavy (non-hydrogen) atoms. The van der Waals surface area contributed by atoms with E-state index in [4.69, 9.17) is 10.5 Å². The highest BCUT2D eigenvalue weighted by atomic mass is 32.1. The molecule has 0 aliphatic rings. The molecule has 3 rings (SSSR count). The van der Waals surface area contributed by atoms with Crippen LogP contribution in [0.2, 0.25) is 0 Å². The van der Waals surface area contributed by atoms with Crippen LogP contribution in [0.3, 0.4) is 0 Å². The van der Waals surface area contributed by atoms with Crippen LogP contribution >= 0.6 is 11.3 Å². The van der Waals surface area contributed by atoms with Crippen molar-refractivity contribution in [3.05, 3.63) is 65.0 Å². The lowest BCUT2D eigenvalue weighted by Gasteiger charge is -2.12. The summed E-state index contributed by atoms with van der Waals surface area (Å²) < 4.78 is 6.55. The molecular weight excluding hydrogens is 266 g/mol. The van der Waals surface area contributed by atoms with E-state index in [0.29, 0.717) is 0 Å². The first-order valence-electron chi connectivity index (χ1n) is 6.62. The zero-order valence-electron chi connectivity index (χ0n) is 11.4. The van der Waals surface area contributed by atoms with E-state index in [2.05, 4.69) is 41.8 Å². The van der Waals surface area contributed by atoms with Gasteiger partial charge in [0, 0.05) is 10.7 Å². The van der Waals surface area contributed by atoms with Crippen LogP contribution in [0.1, 0.15) is 17.2 Å². The van der Waals surface area contributed by atoms with E-state index in [1.807, 2.05) is 12.1 Å². The molecule has 2 N–H and O–H groups in total. The standard InChI is InChI=1S/C17H17NOS/c1-19-13-6-4-5-12(9-13)10-16(18)15-11-20-17-8-3-2-7-14(15)17/h2-9,11,16H,10,18H2,1H3. The normalized spacial score (nSPS) is 12.5. The fourth-order valence-corrected chi connectivity index (χ4v) is 3.47. The van der Waals surface area contributed by atoms with E-state index in [1.54, 1.807) is 18.4 Å². The lowest BCUT2D eigenvalue weighted by Crippen LogP contribution is -2.12. The van der Waals surface area contributed by atoms with Gasteiger partial charge in [0.2, 0.25) is 0 Å². The van der Waals surface area contributed by atoms with Gasteiger partial charge < -0.3 is 10.5 Å². The Morgan fingerprint density at radius 2 is 2.00 bits per heavy atom. The van der Waals surface area contributed by atoms with Crippen molar-refractivity contribution in [1.82, 2.24) is 0 Å². The summed E-state index contributed by atoms with van der Waals surface area (Å²) in [5.74, 6) is 0.880. The van der Waals surface area contributed by atoms with Gasteiger partial charge in [0.05, 0.1) is 7.11 Å². The predicted octanol–water partition coefficient (Wildman–Crippen LogP) is 4.15. The van der Waals surface area contributed by atoms with Crippen LogP contribution in [-0.2, 0) is 6.42 Å². The molecule has 3 heteroatoms. The molecule has 0 amide bonds. The number of benzene rings is 2. The van der Waals surface area contributed by atoms with E-state index in [0.717, 1.165) is 12.2 Å². The van der Waals surface area contributed by atoms with Gasteiger partial charge in [0.15, 0.2) is 0 Å². The van der Waals surface area contributed by atoms with Crippen molar-refractivity contribution < 1.29 is 4.74 Å². The topological polar surface area (TPSA) is 35.2 Å². The maximum absolute atomic E-state index is 6.39. The molecule has 0 bridgehead atoms. The predicted molar refractivity (Wildman–Crippen MR) is 85.5 cm³/mol. The number of methoxy groups -OCH3 is 1. The monoisotopic (exact) mass is 283 g/mol. The first-order valence-corrected chi connectivity index (χ1v) is 7.50. The molecule has 2 nitrogen and oxygen atoms in total. The van der Waals surface area contributed by atoms with Crippen LogP contribution in [0, 0.1) is 0 Å². The van der Waals surface area contributed by atoms with E-state index in [-0.39, 0.29) is 6.04 Å². The molecule has 0 radical (unpaired) electrons. The number of nitrogens with two attached hydrogens (primary N) is 1. The van der Waals surface area contributed by atoms with Gasteiger partial charge in [-0.3, -0.25) is 0 Å². The fraction of sp³-hybridized carbons (Fsp3) is 0.176. The summed E-state index contributed by atoms with van der Waals surface area (Å²) in [4.78, 5) is 0. The van der Waals surface area contributed by atoms with Gasteiger partial charge in [-0.05, 0) is 46.5 Å². The van der Waals surface area contributed by atoms with Crippen molar-refractivity contribution in [2.24, 2.45) is 5.73 Å². The Bertz CT molecular complexity index is 720. The fourth-order valence-electron chi connectivity index (χ4n) is 2.45. The maximum atomic E-state index is 6.39. The highest BCUT2D eigenvalue weighted by Gasteiger charge is 2.12. The second kappa shape index (κ2) is 5.65. The van der Waals surface area contributed by atoms with Gasteiger partial charge in [0.25, 0.3) is 0 Å². The van der Waals surface area contributed by atoms with Crippen LogP contribution in [0.4, 0.5) is 0 Å². The summed E-state index contributed by atoms with van der Waals surface area (Å²) >= 11 is 1.76. The Morgan fingerprint density at radius 3 is 2.85 bits per heavy atom. The highest BCUT2D eigenvalue weighted by molar-refractivity contribution is 7.17. The third-order valence-electron chi connectivity index (χ3n) is 3.50. The van der Waals surface area contributed by atoms with Crippen molar-refractivity contribution in [2.75, 3.05) is 7.11 Å². The van der Waals surface area contributed by atoms with Crippen molar-refractivity contribution in [2.45, 2.75) is 12.5 Å². The van der Waals surface area contributed by atoms with E-state index in [1.165, 1.54) is 21.2 Å². The SMILES string of the molecule is COc1cccc(CC(N)c2csc3ccccc23)c1. The zero-order chi connectivity index (χ0) is 13.9. The highest BCUT2D eigenvalue weighted by Crippen LogP contribution is 2.31. The quantitative estimate of drug-likeness (QED) is 0.780. The van der Waals surface area contributed by atoms with Crippen molar-refractivity contribution in [3.8, 4) is 5.75 Å². The molecule has 2 aromatic carbocycles. The largest absolute Gasteiger partial charge is 0.497 e. The van der Waals surface area contributed by atoms with Crippen LogP contribution in [0.5, 0.6) is 5.75 Å². The Balaban J connectivity index is 1.87. The van der Waals surface area contributed by atoms with Crippen molar-refractivity contribution >= 4 is 21.4 Å². The molecule has 0 fully saturated rings. The first kappa shape index (κ1) is 13.2. The molecule has 0 spiro atoms. The number of ether oxygens (including phenoxy) is 1. The zero-order valence-corrected chi connectivity index (χ0v) is 12.2. The summed E-state index contributed by atoms with van der Waals surface area (Å²) in [6.45, 7) is 0. The number of thiophene rings is 1. The molecule has 1 unspecified atom stereocenters. The molecule has 0 saturated carbocycles. The second-order valence-corrected chi connectivity index (χ2v) is 5.76. The summed E-state index contributed by atoms with van der Waals surface area (Å²) in [6.07, 6.45) is 0.817. The number of rotatable bonds is 4. The van der Waals surface area contributed by atoms with E-state index in [9.17, 15) is 0 Å². The van der Waals surface area contributed by atoms with E-state index >= 15 is 0 Å².